The highest BCUT2D eigenvalue weighted by molar-refractivity contribution is 5.85. The quantitative estimate of drug-likeness (QED) is 0.541. The summed E-state index contributed by atoms with van der Waals surface area (Å²) in [5.41, 5.74) is 9.25. The lowest BCUT2D eigenvalue weighted by atomic mass is 9.78. The van der Waals surface area contributed by atoms with Crippen LogP contribution in [-0.2, 0) is 24.3 Å². The maximum atomic E-state index is 5.95. The first kappa shape index (κ1) is 24.3. The minimum atomic E-state index is 0. The fraction of sp³-hybridized carbons (Fsp3) is 0.476. The second kappa shape index (κ2) is 10.9. The summed E-state index contributed by atoms with van der Waals surface area (Å²) >= 11 is 0. The fourth-order valence-corrected chi connectivity index (χ4v) is 3.89. The molecule has 0 spiro atoms. The minimum Gasteiger partial charge on any atom is -0.377 e. The highest BCUT2D eigenvalue weighted by Crippen LogP contribution is 2.35. The van der Waals surface area contributed by atoms with Crippen LogP contribution in [0, 0.1) is 0 Å². The van der Waals surface area contributed by atoms with E-state index in [-0.39, 0.29) is 24.8 Å². The number of para-hydroxylation sites is 2. The highest BCUT2D eigenvalue weighted by atomic mass is 35.5. The summed E-state index contributed by atoms with van der Waals surface area (Å²) in [5.74, 6) is 3.08. The smallest absolute Gasteiger partial charge is 0.156 e. The summed E-state index contributed by atoms with van der Waals surface area (Å²) in [4.78, 5) is 14.0. The molecular weight excluding hydrogens is 423 g/mol. The number of nitrogens with two attached hydrogens (primary N) is 1. The van der Waals surface area contributed by atoms with E-state index >= 15 is 0 Å². The number of hydrogen-bond acceptors (Lipinski definition) is 6. The summed E-state index contributed by atoms with van der Waals surface area (Å²) in [6.07, 6.45) is 2.81. The predicted octanol–water partition coefficient (Wildman–Crippen LogP) is 3.70. The van der Waals surface area contributed by atoms with Gasteiger partial charge in [0.1, 0.15) is 18.2 Å². The van der Waals surface area contributed by atoms with Crippen LogP contribution in [0.15, 0.2) is 30.3 Å². The normalized spacial score (nSPS) is 17.7. The number of ether oxygens (including phenoxy) is 1. The number of rotatable bonds is 8. The van der Waals surface area contributed by atoms with Crippen molar-refractivity contribution in [3.8, 4) is 0 Å². The van der Waals surface area contributed by atoms with E-state index in [9.17, 15) is 0 Å². The Bertz CT molecular complexity index is 958. The highest BCUT2D eigenvalue weighted by Gasteiger charge is 2.29. The number of methoxy groups -OCH3 is 1. The molecular formula is C21H30Cl2N6O. The third-order valence-electron chi connectivity index (χ3n) is 5.36. The predicted molar refractivity (Wildman–Crippen MR) is 125 cm³/mol. The van der Waals surface area contributed by atoms with Crippen molar-refractivity contribution in [1.82, 2.24) is 19.5 Å². The van der Waals surface area contributed by atoms with Gasteiger partial charge in [-0.1, -0.05) is 12.1 Å². The molecule has 1 aromatic carbocycles. The molecule has 0 saturated heterocycles. The molecule has 4 rings (SSSR count). The van der Waals surface area contributed by atoms with Crippen molar-refractivity contribution in [1.29, 1.82) is 0 Å². The van der Waals surface area contributed by atoms with E-state index in [1.54, 1.807) is 7.11 Å². The number of anilines is 1. The van der Waals surface area contributed by atoms with Gasteiger partial charge < -0.3 is 20.4 Å². The Labute approximate surface area is 189 Å². The number of halogens is 2. The SMILES string of the molecule is CCn1c(CCNc2cc(C3CC(N)C3)nc(COC)n2)nc2ccccc21.Cl.Cl. The molecule has 1 fully saturated rings. The molecule has 0 radical (unpaired) electrons. The summed E-state index contributed by atoms with van der Waals surface area (Å²) in [7, 11) is 1.66. The Balaban J connectivity index is 0.00000160. The van der Waals surface area contributed by atoms with E-state index in [0.717, 1.165) is 55.2 Å². The molecule has 0 bridgehead atoms. The largest absolute Gasteiger partial charge is 0.377 e. The fourth-order valence-electron chi connectivity index (χ4n) is 3.89. The average molecular weight is 453 g/mol. The second-order valence-corrected chi connectivity index (χ2v) is 7.39. The maximum absolute atomic E-state index is 5.95. The van der Waals surface area contributed by atoms with Crippen LogP contribution < -0.4 is 11.1 Å². The zero-order chi connectivity index (χ0) is 19.5. The molecule has 0 atom stereocenters. The average Bonchev–Trinajstić information content (AvgIpc) is 3.03. The third kappa shape index (κ3) is 5.21. The standard InChI is InChI=1S/C21H28N6O.2ClH/c1-3-27-18-7-5-4-6-16(18)25-21(27)8-9-23-19-12-17(14-10-15(22)11-14)24-20(26-19)13-28-2;;/h4-7,12,14-15H,3,8-11,13,22H2,1-2H3,(H,23,24,26);2*1H. The van der Waals surface area contributed by atoms with Crippen LogP contribution in [0.25, 0.3) is 11.0 Å². The third-order valence-corrected chi connectivity index (χ3v) is 5.36. The van der Waals surface area contributed by atoms with E-state index in [1.807, 2.05) is 6.07 Å². The monoisotopic (exact) mass is 452 g/mol. The van der Waals surface area contributed by atoms with Crippen LogP contribution in [0.3, 0.4) is 0 Å². The Morgan fingerprint density at radius 2 is 1.93 bits per heavy atom. The lowest BCUT2D eigenvalue weighted by molar-refractivity contribution is 0.177. The molecule has 1 aliphatic carbocycles. The van der Waals surface area contributed by atoms with Gasteiger partial charge in [-0.15, -0.1) is 24.8 Å². The van der Waals surface area contributed by atoms with Crippen molar-refractivity contribution in [2.75, 3.05) is 19.0 Å². The molecule has 7 nitrogen and oxygen atoms in total. The Hall–Kier alpha value is -1.93. The number of aryl methyl sites for hydroxylation is 1. The number of imidazole rings is 1. The molecule has 3 N–H and O–H groups in total. The Morgan fingerprint density at radius 3 is 2.63 bits per heavy atom. The summed E-state index contributed by atoms with van der Waals surface area (Å²) in [6, 6.07) is 10.6. The van der Waals surface area contributed by atoms with Gasteiger partial charge in [0.15, 0.2) is 5.82 Å². The van der Waals surface area contributed by atoms with Crippen molar-refractivity contribution in [3.63, 3.8) is 0 Å². The molecule has 9 heteroatoms. The van der Waals surface area contributed by atoms with Crippen LogP contribution in [0.1, 0.15) is 43.0 Å². The number of nitrogens with zero attached hydrogens (tertiary/aromatic N) is 4. The molecule has 3 aromatic rings. The lowest BCUT2D eigenvalue weighted by Gasteiger charge is -2.32. The number of aromatic nitrogens is 4. The Morgan fingerprint density at radius 1 is 1.17 bits per heavy atom. The van der Waals surface area contributed by atoms with Crippen LogP contribution in [0.5, 0.6) is 0 Å². The van der Waals surface area contributed by atoms with Gasteiger partial charge in [-0.3, -0.25) is 0 Å². The zero-order valence-electron chi connectivity index (χ0n) is 17.4. The topological polar surface area (TPSA) is 90.9 Å². The van der Waals surface area contributed by atoms with Crippen molar-refractivity contribution in [2.24, 2.45) is 5.73 Å². The van der Waals surface area contributed by atoms with E-state index in [1.165, 1.54) is 5.52 Å². The first-order valence-electron chi connectivity index (χ1n) is 9.98. The van der Waals surface area contributed by atoms with Gasteiger partial charge in [-0.2, -0.15) is 0 Å². The van der Waals surface area contributed by atoms with E-state index in [0.29, 0.717) is 24.4 Å². The first-order chi connectivity index (χ1) is 13.7. The van der Waals surface area contributed by atoms with Gasteiger partial charge in [0.2, 0.25) is 0 Å². The van der Waals surface area contributed by atoms with Gasteiger partial charge in [0.25, 0.3) is 0 Å². The molecule has 1 aliphatic rings. The molecule has 0 aliphatic heterocycles. The summed E-state index contributed by atoms with van der Waals surface area (Å²) in [6.45, 7) is 4.23. The molecule has 164 valence electrons. The van der Waals surface area contributed by atoms with E-state index in [4.69, 9.17) is 15.5 Å². The zero-order valence-corrected chi connectivity index (χ0v) is 19.0. The number of fused-ring (bicyclic) bond motifs is 1. The Kier molecular flexibility index (Phi) is 8.85. The second-order valence-electron chi connectivity index (χ2n) is 7.39. The lowest BCUT2D eigenvalue weighted by Crippen LogP contribution is -2.35. The van der Waals surface area contributed by atoms with Crippen molar-refractivity contribution < 1.29 is 4.74 Å². The van der Waals surface area contributed by atoms with Gasteiger partial charge in [0, 0.05) is 50.3 Å². The first-order valence-corrected chi connectivity index (χ1v) is 9.98. The van der Waals surface area contributed by atoms with E-state index in [2.05, 4.69) is 51.0 Å². The van der Waals surface area contributed by atoms with Crippen molar-refractivity contribution in [3.05, 3.63) is 47.7 Å². The maximum Gasteiger partial charge on any atom is 0.156 e. The van der Waals surface area contributed by atoms with Crippen LogP contribution in [-0.4, -0.2) is 39.2 Å². The van der Waals surface area contributed by atoms with Crippen LogP contribution in [0.2, 0.25) is 0 Å². The molecule has 0 amide bonds. The molecule has 2 aromatic heterocycles. The molecule has 0 unspecified atom stereocenters. The van der Waals surface area contributed by atoms with Crippen molar-refractivity contribution >= 4 is 41.7 Å². The van der Waals surface area contributed by atoms with Gasteiger partial charge in [-0.25, -0.2) is 15.0 Å². The van der Waals surface area contributed by atoms with Gasteiger partial charge in [0.05, 0.1) is 11.0 Å². The summed E-state index contributed by atoms with van der Waals surface area (Å²) in [5, 5.41) is 3.45. The van der Waals surface area contributed by atoms with Crippen LogP contribution in [0.4, 0.5) is 5.82 Å². The number of hydrogen-bond donors (Lipinski definition) is 2. The van der Waals surface area contributed by atoms with E-state index < -0.39 is 0 Å². The molecule has 2 heterocycles. The van der Waals surface area contributed by atoms with Gasteiger partial charge in [-0.05, 0) is 31.9 Å². The minimum absolute atomic E-state index is 0. The summed E-state index contributed by atoms with van der Waals surface area (Å²) < 4.78 is 7.51. The van der Waals surface area contributed by atoms with Crippen molar-refractivity contribution in [2.45, 2.75) is 51.3 Å². The molecule has 1 saturated carbocycles. The van der Waals surface area contributed by atoms with Crippen LogP contribution >= 0.6 is 24.8 Å². The molecule has 30 heavy (non-hydrogen) atoms. The van der Waals surface area contributed by atoms with Gasteiger partial charge >= 0.3 is 0 Å². The number of nitrogens with one attached hydrogen (secondary N) is 1. The number of benzene rings is 1.